The molecule has 4 heteroatoms. The fourth-order valence-electron chi connectivity index (χ4n) is 1.54. The van der Waals surface area contributed by atoms with Crippen LogP contribution in [0.25, 0.3) is 0 Å². The molecule has 0 saturated carbocycles. The first-order valence-corrected chi connectivity index (χ1v) is 5.11. The molecular formula is C10H17NO3. The molecule has 4 nitrogen and oxygen atoms in total. The van der Waals surface area contributed by atoms with Crippen LogP contribution in [0.3, 0.4) is 0 Å². The Balaban J connectivity index is 2.48. The van der Waals surface area contributed by atoms with Crippen molar-refractivity contribution in [2.24, 2.45) is 5.16 Å². The van der Waals surface area contributed by atoms with E-state index in [4.69, 9.17) is 9.94 Å². The summed E-state index contributed by atoms with van der Waals surface area (Å²) in [6.45, 7) is 1.87. The molecule has 1 saturated heterocycles. The van der Waals surface area contributed by atoms with Gasteiger partial charge < -0.3 is 9.94 Å². The summed E-state index contributed by atoms with van der Waals surface area (Å²) in [6.07, 6.45) is 4.35. The van der Waals surface area contributed by atoms with Gasteiger partial charge in [-0.3, -0.25) is 4.79 Å². The topological polar surface area (TPSA) is 58.9 Å². The maximum atomic E-state index is 11.2. The number of carbonyl (C=O) groups excluding carboxylic acids is 1. The summed E-state index contributed by atoms with van der Waals surface area (Å²) in [5.74, 6) is -0.109. The molecule has 0 aromatic rings. The van der Waals surface area contributed by atoms with E-state index in [1.54, 1.807) is 0 Å². The largest absolute Gasteiger partial charge is 0.463 e. The summed E-state index contributed by atoms with van der Waals surface area (Å²) in [6, 6.07) is 0. The lowest BCUT2D eigenvalue weighted by atomic mass is 10.0. The van der Waals surface area contributed by atoms with E-state index >= 15 is 0 Å². The highest BCUT2D eigenvalue weighted by atomic mass is 16.5. The van der Waals surface area contributed by atoms with Gasteiger partial charge in [-0.15, -0.1) is 0 Å². The molecule has 0 bridgehead atoms. The van der Waals surface area contributed by atoms with Crippen LogP contribution in [0.5, 0.6) is 0 Å². The van der Waals surface area contributed by atoms with Gasteiger partial charge in [-0.1, -0.05) is 5.16 Å². The molecule has 0 spiro atoms. The summed E-state index contributed by atoms with van der Waals surface area (Å²) in [5, 5.41) is 11.9. The maximum absolute atomic E-state index is 11.2. The lowest BCUT2D eigenvalue weighted by Gasteiger charge is -2.15. The molecule has 1 rings (SSSR count). The summed E-state index contributed by atoms with van der Waals surface area (Å²) >= 11 is 0. The van der Waals surface area contributed by atoms with E-state index in [2.05, 4.69) is 5.16 Å². The average Bonchev–Trinajstić information content (AvgIpc) is 2.16. The Morgan fingerprint density at radius 1 is 1.36 bits per heavy atom. The van der Waals surface area contributed by atoms with E-state index in [0.29, 0.717) is 12.8 Å². The molecule has 14 heavy (non-hydrogen) atoms. The van der Waals surface area contributed by atoms with Crippen molar-refractivity contribution in [3.8, 4) is 0 Å². The molecule has 1 atom stereocenters. The zero-order valence-corrected chi connectivity index (χ0v) is 8.53. The molecule has 0 aromatic heterocycles. The van der Waals surface area contributed by atoms with E-state index in [1.807, 2.05) is 6.92 Å². The van der Waals surface area contributed by atoms with Gasteiger partial charge in [-0.25, -0.2) is 0 Å². The highest BCUT2D eigenvalue weighted by Gasteiger charge is 2.13. The van der Waals surface area contributed by atoms with Gasteiger partial charge >= 0.3 is 5.97 Å². The monoisotopic (exact) mass is 199 g/mol. The highest BCUT2D eigenvalue weighted by Crippen LogP contribution is 2.13. The number of esters is 1. The van der Waals surface area contributed by atoms with Gasteiger partial charge in [0.1, 0.15) is 0 Å². The van der Waals surface area contributed by atoms with Crippen LogP contribution in [0.15, 0.2) is 5.16 Å². The first-order chi connectivity index (χ1) is 6.72. The van der Waals surface area contributed by atoms with Gasteiger partial charge in [-0.2, -0.15) is 0 Å². The Kier molecular flexibility index (Phi) is 4.43. The van der Waals surface area contributed by atoms with E-state index in [1.165, 1.54) is 0 Å². The predicted octanol–water partition coefficient (Wildman–Crippen LogP) is 2.10. The molecule has 1 aliphatic rings. The molecule has 1 unspecified atom stereocenters. The third-order valence-electron chi connectivity index (χ3n) is 2.41. The van der Waals surface area contributed by atoms with Gasteiger partial charge in [0.15, 0.2) is 0 Å². The highest BCUT2D eigenvalue weighted by molar-refractivity contribution is 5.84. The van der Waals surface area contributed by atoms with Crippen LogP contribution in [0.4, 0.5) is 0 Å². The van der Waals surface area contributed by atoms with Crippen LogP contribution < -0.4 is 0 Å². The van der Waals surface area contributed by atoms with Crippen LogP contribution in [0, 0.1) is 0 Å². The number of rotatable bonds is 0. The molecule has 1 heterocycles. The van der Waals surface area contributed by atoms with Crippen molar-refractivity contribution in [1.29, 1.82) is 0 Å². The molecule has 1 N–H and O–H groups in total. The maximum Gasteiger partial charge on any atom is 0.306 e. The van der Waals surface area contributed by atoms with Crippen molar-refractivity contribution in [3.05, 3.63) is 0 Å². The van der Waals surface area contributed by atoms with Crippen LogP contribution in [0.1, 0.15) is 45.4 Å². The number of hydrogen-bond donors (Lipinski definition) is 1. The molecule has 0 aliphatic carbocycles. The molecular weight excluding hydrogens is 182 g/mol. The lowest BCUT2D eigenvalue weighted by Crippen LogP contribution is -2.17. The molecule has 1 aliphatic heterocycles. The normalized spacial score (nSPS) is 28.5. The van der Waals surface area contributed by atoms with Crippen LogP contribution in [-0.4, -0.2) is 23.0 Å². The molecule has 1 fully saturated rings. The van der Waals surface area contributed by atoms with Crippen molar-refractivity contribution in [3.63, 3.8) is 0 Å². The van der Waals surface area contributed by atoms with Crippen molar-refractivity contribution in [1.82, 2.24) is 0 Å². The first-order valence-electron chi connectivity index (χ1n) is 5.11. The number of oxime groups is 1. The second-order valence-corrected chi connectivity index (χ2v) is 3.71. The van der Waals surface area contributed by atoms with Crippen LogP contribution in [-0.2, 0) is 9.53 Å². The number of ether oxygens (including phenoxy) is 1. The van der Waals surface area contributed by atoms with Gasteiger partial charge in [0.25, 0.3) is 0 Å². The van der Waals surface area contributed by atoms with Gasteiger partial charge in [0, 0.05) is 6.42 Å². The zero-order chi connectivity index (χ0) is 10.4. The Morgan fingerprint density at radius 3 is 2.79 bits per heavy atom. The third-order valence-corrected chi connectivity index (χ3v) is 2.41. The quantitative estimate of drug-likeness (QED) is 0.369. The van der Waals surface area contributed by atoms with Crippen LogP contribution in [0.2, 0.25) is 0 Å². The SMILES string of the molecule is CC1CC/C(=N\O)CCCCC(=O)O1. The smallest absolute Gasteiger partial charge is 0.306 e. The van der Waals surface area contributed by atoms with E-state index in [0.717, 1.165) is 31.4 Å². The minimum Gasteiger partial charge on any atom is -0.463 e. The fraction of sp³-hybridized carbons (Fsp3) is 0.800. The fourth-order valence-corrected chi connectivity index (χ4v) is 1.54. The second kappa shape index (κ2) is 5.62. The summed E-state index contributed by atoms with van der Waals surface area (Å²) in [5.41, 5.74) is 0.815. The van der Waals surface area contributed by atoms with Gasteiger partial charge in [0.05, 0.1) is 11.8 Å². The summed E-state index contributed by atoms with van der Waals surface area (Å²) < 4.78 is 5.14. The van der Waals surface area contributed by atoms with E-state index < -0.39 is 0 Å². The molecule has 0 aromatic carbocycles. The third kappa shape index (κ3) is 3.77. The Labute approximate surface area is 83.9 Å². The van der Waals surface area contributed by atoms with Crippen LogP contribution >= 0.6 is 0 Å². The predicted molar refractivity (Wildman–Crippen MR) is 52.5 cm³/mol. The van der Waals surface area contributed by atoms with Crippen molar-refractivity contribution in [2.75, 3.05) is 0 Å². The minimum absolute atomic E-state index is 0.0719. The lowest BCUT2D eigenvalue weighted by molar-refractivity contribution is -0.148. The van der Waals surface area contributed by atoms with Gasteiger partial charge in [-0.05, 0) is 39.0 Å². The van der Waals surface area contributed by atoms with Gasteiger partial charge in [0.2, 0.25) is 0 Å². The van der Waals surface area contributed by atoms with Crippen molar-refractivity contribution in [2.45, 2.75) is 51.6 Å². The molecule has 0 radical (unpaired) electrons. The average molecular weight is 199 g/mol. The number of cyclic esters (lactones) is 1. The minimum atomic E-state index is -0.109. The Hall–Kier alpha value is -1.06. The second-order valence-electron chi connectivity index (χ2n) is 3.71. The molecule has 80 valence electrons. The number of hydrogen-bond acceptors (Lipinski definition) is 4. The standard InChI is InChI=1S/C10H17NO3/c1-8-6-7-9(11-13)4-2-3-5-10(12)14-8/h8,13H,2-7H2,1H3/b11-9-. The number of carbonyl (C=O) groups is 1. The summed E-state index contributed by atoms with van der Waals surface area (Å²) in [4.78, 5) is 11.2. The number of nitrogens with zero attached hydrogens (tertiary/aromatic N) is 1. The Bertz CT molecular complexity index is 225. The van der Waals surface area contributed by atoms with Crippen molar-refractivity contribution >= 4 is 11.7 Å². The zero-order valence-electron chi connectivity index (χ0n) is 8.53. The van der Waals surface area contributed by atoms with E-state index in [9.17, 15) is 4.79 Å². The summed E-state index contributed by atoms with van der Waals surface area (Å²) in [7, 11) is 0. The van der Waals surface area contributed by atoms with Crippen molar-refractivity contribution < 1.29 is 14.7 Å². The van der Waals surface area contributed by atoms with E-state index in [-0.39, 0.29) is 12.1 Å². The molecule has 0 amide bonds. The Morgan fingerprint density at radius 2 is 2.07 bits per heavy atom. The first kappa shape index (κ1) is 11.0.